The van der Waals surface area contributed by atoms with Crippen LogP contribution in [0, 0.1) is 0 Å². The number of benzene rings is 2. The van der Waals surface area contributed by atoms with E-state index in [1.54, 1.807) is 7.11 Å². The number of nitrogens with two attached hydrogens (primary N) is 1. The first-order chi connectivity index (χ1) is 15.2. The Morgan fingerprint density at radius 3 is 2.52 bits per heavy atom. The highest BCUT2D eigenvalue weighted by Crippen LogP contribution is 2.31. The van der Waals surface area contributed by atoms with Crippen LogP contribution in [0.3, 0.4) is 0 Å². The molecule has 0 unspecified atom stereocenters. The van der Waals surface area contributed by atoms with Crippen molar-refractivity contribution in [3.63, 3.8) is 0 Å². The highest BCUT2D eigenvalue weighted by molar-refractivity contribution is 5.53. The molecule has 0 bridgehead atoms. The summed E-state index contributed by atoms with van der Waals surface area (Å²) in [5, 5.41) is 0. The molecule has 2 aromatic carbocycles. The minimum Gasteiger partial charge on any atom is -0.496 e. The molecule has 1 atom stereocenters. The van der Waals surface area contributed by atoms with Crippen LogP contribution < -0.4 is 15.4 Å². The highest BCUT2D eigenvalue weighted by atomic mass is 16.5. The zero-order chi connectivity index (χ0) is 21.6. The van der Waals surface area contributed by atoms with Gasteiger partial charge in [-0.05, 0) is 73.7 Å². The summed E-state index contributed by atoms with van der Waals surface area (Å²) < 4.78 is 5.60. The Balaban J connectivity index is 1.30. The molecule has 1 fully saturated rings. The summed E-state index contributed by atoms with van der Waals surface area (Å²) in [4.78, 5) is 7.86. The Hall–Kier alpha value is -2.24. The number of hydrogen-bond acceptors (Lipinski definition) is 5. The lowest BCUT2D eigenvalue weighted by Gasteiger charge is -2.39. The summed E-state index contributed by atoms with van der Waals surface area (Å²) >= 11 is 0. The van der Waals surface area contributed by atoms with Gasteiger partial charge in [0.15, 0.2) is 0 Å². The molecule has 168 valence electrons. The predicted octanol–water partition coefficient (Wildman–Crippen LogP) is 3.67. The Labute approximate surface area is 187 Å². The third-order valence-corrected chi connectivity index (χ3v) is 6.99. The summed E-state index contributed by atoms with van der Waals surface area (Å²) in [5.74, 6) is 1.07. The van der Waals surface area contributed by atoms with Crippen LogP contribution in [0.5, 0.6) is 5.75 Å². The minimum atomic E-state index is 0.649. The Bertz CT molecular complexity index is 830. The number of nitrogens with zero attached hydrogens (tertiary/aromatic N) is 3. The zero-order valence-electron chi connectivity index (χ0n) is 19.2. The fourth-order valence-electron chi connectivity index (χ4n) is 5.20. The van der Waals surface area contributed by atoms with Crippen molar-refractivity contribution in [2.75, 3.05) is 63.6 Å². The van der Waals surface area contributed by atoms with Crippen molar-refractivity contribution >= 4 is 11.4 Å². The van der Waals surface area contributed by atoms with Gasteiger partial charge < -0.3 is 15.4 Å². The van der Waals surface area contributed by atoms with E-state index in [2.05, 4.69) is 52.0 Å². The van der Waals surface area contributed by atoms with Crippen molar-refractivity contribution in [3.8, 4) is 5.75 Å². The van der Waals surface area contributed by atoms with Gasteiger partial charge in [0.2, 0.25) is 0 Å². The van der Waals surface area contributed by atoms with Crippen molar-refractivity contribution in [1.82, 2.24) is 9.80 Å². The van der Waals surface area contributed by atoms with E-state index in [9.17, 15) is 0 Å². The van der Waals surface area contributed by atoms with Crippen molar-refractivity contribution < 1.29 is 4.74 Å². The lowest BCUT2D eigenvalue weighted by molar-refractivity contribution is 0.145. The van der Waals surface area contributed by atoms with E-state index in [4.69, 9.17) is 10.5 Å². The Morgan fingerprint density at radius 2 is 1.81 bits per heavy atom. The van der Waals surface area contributed by atoms with Crippen molar-refractivity contribution in [3.05, 3.63) is 53.6 Å². The number of rotatable bonds is 8. The lowest BCUT2D eigenvalue weighted by atomic mass is 9.86. The van der Waals surface area contributed by atoms with Gasteiger partial charge in [0.25, 0.3) is 0 Å². The molecule has 5 nitrogen and oxygen atoms in total. The summed E-state index contributed by atoms with van der Waals surface area (Å²) in [7, 11) is 1.79. The molecule has 1 aliphatic carbocycles. The molecule has 0 amide bonds. The first-order valence-electron chi connectivity index (χ1n) is 11.9. The molecule has 2 N–H and O–H groups in total. The number of piperazine rings is 1. The predicted molar refractivity (Wildman–Crippen MR) is 130 cm³/mol. The topological polar surface area (TPSA) is 45.0 Å². The average molecular weight is 423 g/mol. The number of hydrogen-bond donors (Lipinski definition) is 1. The third kappa shape index (κ3) is 5.34. The Morgan fingerprint density at radius 1 is 1.03 bits per heavy atom. The number of anilines is 2. The normalized spacial score (nSPS) is 19.5. The van der Waals surface area contributed by atoms with Gasteiger partial charge in [0.05, 0.1) is 7.11 Å². The largest absolute Gasteiger partial charge is 0.496 e. The molecule has 5 heteroatoms. The van der Waals surface area contributed by atoms with E-state index in [1.807, 2.05) is 12.1 Å². The first kappa shape index (κ1) is 22.0. The molecule has 2 aliphatic rings. The molecular formula is C26H38N4O. The second kappa shape index (κ2) is 10.4. The second-order valence-corrected chi connectivity index (χ2v) is 8.95. The Kier molecular flexibility index (Phi) is 7.36. The summed E-state index contributed by atoms with van der Waals surface area (Å²) in [5.41, 5.74) is 10.9. The molecule has 4 rings (SSSR count). The minimum absolute atomic E-state index is 0.649. The number of fused-ring (bicyclic) bond motifs is 1. The van der Waals surface area contributed by atoms with Gasteiger partial charge in [0.1, 0.15) is 5.75 Å². The van der Waals surface area contributed by atoms with Gasteiger partial charge >= 0.3 is 0 Å². The maximum Gasteiger partial charge on any atom is 0.122 e. The van der Waals surface area contributed by atoms with Crippen LogP contribution in [0.4, 0.5) is 11.4 Å². The van der Waals surface area contributed by atoms with Crippen molar-refractivity contribution in [2.24, 2.45) is 0 Å². The van der Waals surface area contributed by atoms with Gasteiger partial charge in [0, 0.05) is 56.7 Å². The fraction of sp³-hybridized carbons (Fsp3) is 0.538. The molecule has 31 heavy (non-hydrogen) atoms. The van der Waals surface area contributed by atoms with E-state index in [-0.39, 0.29) is 0 Å². The molecular weight excluding hydrogens is 384 g/mol. The monoisotopic (exact) mass is 422 g/mol. The van der Waals surface area contributed by atoms with Crippen LogP contribution in [0.25, 0.3) is 0 Å². The van der Waals surface area contributed by atoms with E-state index < -0.39 is 0 Å². The van der Waals surface area contributed by atoms with Gasteiger partial charge in [-0.2, -0.15) is 0 Å². The molecule has 1 saturated heterocycles. The lowest BCUT2D eigenvalue weighted by Crippen LogP contribution is -2.50. The van der Waals surface area contributed by atoms with E-state index in [0.717, 1.165) is 57.0 Å². The molecule has 1 heterocycles. The van der Waals surface area contributed by atoms with Crippen LogP contribution in [-0.4, -0.2) is 68.8 Å². The standard InChI is InChI=1S/C26H38N4O/c1-3-13-29(24-11-12-25-21(20-24)5-4-6-26(25)31-2)17-14-28-15-18-30(19-16-28)23-9-7-22(27)8-10-23/h4-10,24H,3,11-20,27H2,1-2H3/t24-/m0/s1. The number of ether oxygens (including phenoxy) is 1. The molecule has 1 aliphatic heterocycles. The molecule has 0 spiro atoms. The summed E-state index contributed by atoms with van der Waals surface area (Å²) in [6.07, 6.45) is 4.73. The average Bonchev–Trinajstić information content (AvgIpc) is 2.82. The molecule has 0 radical (unpaired) electrons. The van der Waals surface area contributed by atoms with Crippen LogP contribution >= 0.6 is 0 Å². The first-order valence-corrected chi connectivity index (χ1v) is 11.9. The molecule has 2 aromatic rings. The molecule has 0 aromatic heterocycles. The smallest absolute Gasteiger partial charge is 0.122 e. The second-order valence-electron chi connectivity index (χ2n) is 8.95. The van der Waals surface area contributed by atoms with Crippen molar-refractivity contribution in [2.45, 2.75) is 38.6 Å². The van der Waals surface area contributed by atoms with Crippen LogP contribution in [-0.2, 0) is 12.8 Å². The third-order valence-electron chi connectivity index (χ3n) is 6.99. The van der Waals surface area contributed by atoms with Crippen LogP contribution in [0.15, 0.2) is 42.5 Å². The van der Waals surface area contributed by atoms with Gasteiger partial charge in [-0.3, -0.25) is 9.80 Å². The van der Waals surface area contributed by atoms with Crippen LogP contribution in [0.2, 0.25) is 0 Å². The molecule has 0 saturated carbocycles. The summed E-state index contributed by atoms with van der Waals surface area (Å²) in [6.45, 7) is 10.3. The van der Waals surface area contributed by atoms with E-state index in [1.165, 1.54) is 42.7 Å². The summed E-state index contributed by atoms with van der Waals surface area (Å²) in [6, 6.07) is 15.5. The van der Waals surface area contributed by atoms with Crippen molar-refractivity contribution in [1.29, 1.82) is 0 Å². The highest BCUT2D eigenvalue weighted by Gasteiger charge is 2.26. The van der Waals surface area contributed by atoms with Crippen LogP contribution in [0.1, 0.15) is 30.9 Å². The van der Waals surface area contributed by atoms with Gasteiger partial charge in [-0.15, -0.1) is 0 Å². The van der Waals surface area contributed by atoms with E-state index >= 15 is 0 Å². The maximum atomic E-state index is 5.84. The van der Waals surface area contributed by atoms with Gasteiger partial charge in [-0.1, -0.05) is 19.1 Å². The quantitative estimate of drug-likeness (QED) is 0.658. The van der Waals surface area contributed by atoms with E-state index in [0.29, 0.717) is 6.04 Å². The number of nitrogen functional groups attached to an aromatic ring is 1. The zero-order valence-corrected chi connectivity index (χ0v) is 19.2. The fourth-order valence-corrected chi connectivity index (χ4v) is 5.20. The van der Waals surface area contributed by atoms with Gasteiger partial charge in [-0.25, -0.2) is 0 Å². The number of methoxy groups -OCH3 is 1. The maximum absolute atomic E-state index is 5.84. The SMILES string of the molecule is CCCN(CCN1CCN(c2ccc(N)cc2)CC1)[C@H]1CCc2c(cccc2OC)C1.